The van der Waals surface area contributed by atoms with Crippen molar-refractivity contribution in [2.24, 2.45) is 0 Å². The topological polar surface area (TPSA) is 68.1 Å². The average molecular weight is 284 g/mol. The summed E-state index contributed by atoms with van der Waals surface area (Å²) in [4.78, 5) is 0. The molecule has 0 unspecified atom stereocenters. The predicted molar refractivity (Wildman–Crippen MR) is 71.1 cm³/mol. The quantitative estimate of drug-likeness (QED) is 0.815. The molecule has 106 valence electrons. The zero-order valence-corrected chi connectivity index (χ0v) is 12.1. The summed E-state index contributed by atoms with van der Waals surface area (Å²) in [6.45, 7) is 1.53. The number of rotatable bonds is 2. The van der Waals surface area contributed by atoms with Crippen molar-refractivity contribution in [2.45, 2.75) is 51.1 Å². The zero-order chi connectivity index (χ0) is 13.5. The van der Waals surface area contributed by atoms with Gasteiger partial charge in [-0.3, -0.25) is 0 Å². The van der Waals surface area contributed by atoms with E-state index >= 15 is 0 Å². The molecule has 0 aliphatic carbocycles. The molecule has 6 nitrogen and oxygen atoms in total. The molecular weight excluding hydrogens is 264 g/mol. The minimum Gasteiger partial charge on any atom is -0.314 e. The molecule has 7 heteroatoms. The number of hydrogen-bond donors (Lipinski definition) is 0. The Morgan fingerprint density at radius 2 is 1.95 bits per heavy atom. The normalized spacial score (nSPS) is 25.2. The number of aryl methyl sites for hydroxylation is 1. The molecule has 0 amide bonds. The van der Waals surface area contributed by atoms with Gasteiger partial charge in [-0.05, 0) is 25.7 Å². The van der Waals surface area contributed by atoms with Gasteiger partial charge in [-0.2, -0.15) is 4.31 Å². The summed E-state index contributed by atoms with van der Waals surface area (Å²) in [5.41, 5.74) is 0. The number of sulfonamides is 1. The summed E-state index contributed by atoms with van der Waals surface area (Å²) in [5, 5.41) is 8.56. The van der Waals surface area contributed by atoms with Gasteiger partial charge in [-0.1, -0.05) is 6.42 Å². The first-order valence-electron chi connectivity index (χ1n) is 6.96. The molecule has 3 rings (SSSR count). The van der Waals surface area contributed by atoms with E-state index in [4.69, 9.17) is 0 Å². The van der Waals surface area contributed by atoms with Crippen molar-refractivity contribution < 1.29 is 8.42 Å². The van der Waals surface area contributed by atoms with E-state index in [2.05, 4.69) is 14.8 Å². The molecule has 1 fully saturated rings. The first-order valence-corrected chi connectivity index (χ1v) is 8.81. The van der Waals surface area contributed by atoms with Gasteiger partial charge in [0.1, 0.15) is 5.82 Å². The maximum absolute atomic E-state index is 11.8. The molecule has 0 aromatic carbocycles. The summed E-state index contributed by atoms with van der Waals surface area (Å²) in [5.74, 6) is 1.87. The van der Waals surface area contributed by atoms with E-state index in [9.17, 15) is 8.42 Å². The maximum Gasteiger partial charge on any atom is 0.211 e. The van der Waals surface area contributed by atoms with Crippen molar-refractivity contribution in [3.8, 4) is 0 Å². The van der Waals surface area contributed by atoms with Crippen molar-refractivity contribution in [1.29, 1.82) is 0 Å². The Kier molecular flexibility index (Phi) is 3.34. The van der Waals surface area contributed by atoms with E-state index in [1.807, 2.05) is 0 Å². The largest absolute Gasteiger partial charge is 0.314 e. The van der Waals surface area contributed by atoms with Gasteiger partial charge in [0.2, 0.25) is 10.0 Å². The van der Waals surface area contributed by atoms with Crippen LogP contribution in [0, 0.1) is 0 Å². The Hall–Kier alpha value is -0.950. The van der Waals surface area contributed by atoms with Crippen molar-refractivity contribution >= 4 is 10.0 Å². The Morgan fingerprint density at radius 1 is 1.11 bits per heavy atom. The smallest absolute Gasteiger partial charge is 0.211 e. The Balaban J connectivity index is 1.96. The number of fused-ring (bicyclic) bond motifs is 1. The van der Waals surface area contributed by atoms with Crippen LogP contribution in [0.5, 0.6) is 0 Å². The van der Waals surface area contributed by atoms with Gasteiger partial charge in [-0.25, -0.2) is 8.42 Å². The Labute approximate surface area is 113 Å². The van der Waals surface area contributed by atoms with Gasteiger partial charge in [0.25, 0.3) is 0 Å². The summed E-state index contributed by atoms with van der Waals surface area (Å²) < 4.78 is 27.4. The molecule has 1 saturated heterocycles. The molecule has 0 spiro atoms. The highest BCUT2D eigenvalue weighted by molar-refractivity contribution is 7.88. The molecule has 0 bridgehead atoms. The highest BCUT2D eigenvalue weighted by atomic mass is 32.2. The standard InChI is InChI=1S/C12H20N4O2S/c1-19(17,18)16-9-5-6-10(16)12-14-13-11-7-3-2-4-8-15(11)12/h10H,2-9H2,1H3/t10-/m0/s1. The van der Waals surface area contributed by atoms with E-state index in [0.29, 0.717) is 6.54 Å². The summed E-state index contributed by atoms with van der Waals surface area (Å²) in [6.07, 6.45) is 7.49. The van der Waals surface area contributed by atoms with Crippen LogP contribution in [0.25, 0.3) is 0 Å². The van der Waals surface area contributed by atoms with Crippen LogP contribution in [0.1, 0.15) is 49.8 Å². The SMILES string of the molecule is CS(=O)(=O)N1CCC[C@H]1c1nnc2n1CCCCC2. The molecular formula is C12H20N4O2S. The van der Waals surface area contributed by atoms with E-state index in [0.717, 1.165) is 50.3 Å². The van der Waals surface area contributed by atoms with Crippen LogP contribution in [-0.4, -0.2) is 40.3 Å². The first-order chi connectivity index (χ1) is 9.07. The predicted octanol–water partition coefficient (Wildman–Crippen LogP) is 1.10. The lowest BCUT2D eigenvalue weighted by atomic mass is 10.2. The van der Waals surface area contributed by atoms with Gasteiger partial charge >= 0.3 is 0 Å². The van der Waals surface area contributed by atoms with E-state index in [1.54, 1.807) is 4.31 Å². The van der Waals surface area contributed by atoms with Crippen LogP contribution in [0.15, 0.2) is 0 Å². The van der Waals surface area contributed by atoms with E-state index in [1.165, 1.54) is 12.7 Å². The lowest BCUT2D eigenvalue weighted by Gasteiger charge is -2.22. The maximum atomic E-state index is 11.8. The van der Waals surface area contributed by atoms with Crippen LogP contribution in [0.2, 0.25) is 0 Å². The van der Waals surface area contributed by atoms with Crippen molar-refractivity contribution in [2.75, 3.05) is 12.8 Å². The monoisotopic (exact) mass is 284 g/mol. The zero-order valence-electron chi connectivity index (χ0n) is 11.2. The molecule has 1 atom stereocenters. The minimum absolute atomic E-state index is 0.116. The van der Waals surface area contributed by atoms with Gasteiger partial charge in [0, 0.05) is 19.5 Å². The molecule has 1 aromatic heterocycles. The fraction of sp³-hybridized carbons (Fsp3) is 0.833. The highest BCUT2D eigenvalue weighted by Gasteiger charge is 2.36. The van der Waals surface area contributed by atoms with Gasteiger partial charge < -0.3 is 4.57 Å². The fourth-order valence-corrected chi connectivity index (χ4v) is 4.27. The number of nitrogens with zero attached hydrogens (tertiary/aromatic N) is 4. The third-order valence-corrected chi connectivity index (χ3v) is 5.35. The molecule has 0 radical (unpaired) electrons. The summed E-state index contributed by atoms with van der Waals surface area (Å²) in [6, 6.07) is -0.116. The molecule has 0 saturated carbocycles. The second kappa shape index (κ2) is 4.86. The van der Waals surface area contributed by atoms with Gasteiger partial charge in [0.15, 0.2) is 5.82 Å². The van der Waals surface area contributed by atoms with Crippen molar-refractivity contribution in [1.82, 2.24) is 19.1 Å². The minimum atomic E-state index is -3.16. The molecule has 1 aromatic rings. The van der Waals surface area contributed by atoms with E-state index < -0.39 is 10.0 Å². The molecule has 0 N–H and O–H groups in total. The van der Waals surface area contributed by atoms with Crippen molar-refractivity contribution in [3.63, 3.8) is 0 Å². The van der Waals surface area contributed by atoms with Crippen LogP contribution in [0.4, 0.5) is 0 Å². The van der Waals surface area contributed by atoms with E-state index in [-0.39, 0.29) is 6.04 Å². The average Bonchev–Trinajstić information content (AvgIpc) is 2.90. The lowest BCUT2D eigenvalue weighted by molar-refractivity contribution is 0.373. The summed E-state index contributed by atoms with van der Waals surface area (Å²) in [7, 11) is -3.16. The van der Waals surface area contributed by atoms with Crippen LogP contribution >= 0.6 is 0 Å². The first kappa shape index (κ1) is 13.1. The Bertz CT molecular complexity index is 566. The van der Waals surface area contributed by atoms with Crippen molar-refractivity contribution in [3.05, 3.63) is 11.6 Å². The van der Waals surface area contributed by atoms with Gasteiger partial charge in [0.05, 0.1) is 12.3 Å². The molecule has 2 aliphatic rings. The third kappa shape index (κ3) is 2.41. The number of hydrogen-bond acceptors (Lipinski definition) is 4. The van der Waals surface area contributed by atoms with Gasteiger partial charge in [-0.15, -0.1) is 10.2 Å². The molecule has 19 heavy (non-hydrogen) atoms. The van der Waals surface area contributed by atoms with Crippen LogP contribution in [-0.2, 0) is 23.0 Å². The summed E-state index contributed by atoms with van der Waals surface area (Å²) >= 11 is 0. The highest BCUT2D eigenvalue weighted by Crippen LogP contribution is 2.33. The molecule has 2 aliphatic heterocycles. The fourth-order valence-electron chi connectivity index (χ4n) is 3.15. The third-order valence-electron chi connectivity index (χ3n) is 4.07. The number of aromatic nitrogens is 3. The lowest BCUT2D eigenvalue weighted by Crippen LogP contribution is -2.31. The molecule has 3 heterocycles. The second-order valence-electron chi connectivity index (χ2n) is 5.47. The second-order valence-corrected chi connectivity index (χ2v) is 7.40. The van der Waals surface area contributed by atoms with Crippen LogP contribution < -0.4 is 0 Å². The van der Waals surface area contributed by atoms with Crippen LogP contribution in [0.3, 0.4) is 0 Å². The Morgan fingerprint density at radius 3 is 2.74 bits per heavy atom.